The van der Waals surface area contributed by atoms with E-state index >= 15 is 0 Å². The predicted molar refractivity (Wildman–Crippen MR) is 98.8 cm³/mol. The zero-order valence-corrected chi connectivity index (χ0v) is 16.0. The van der Waals surface area contributed by atoms with Crippen molar-refractivity contribution < 1.29 is 13.3 Å². The molecule has 0 amide bonds. The molecule has 0 aliphatic carbocycles. The number of hydrogen-bond donors (Lipinski definition) is 0. The van der Waals surface area contributed by atoms with E-state index in [2.05, 4.69) is 6.07 Å². The lowest BCUT2D eigenvalue weighted by molar-refractivity contribution is -0.110. The van der Waals surface area contributed by atoms with Gasteiger partial charge in [-0.15, -0.1) is 11.3 Å². The van der Waals surface area contributed by atoms with Crippen LogP contribution in [-0.4, -0.2) is 43.2 Å². The van der Waals surface area contributed by atoms with E-state index in [0.717, 1.165) is 16.9 Å². The molecule has 4 rings (SSSR count). The lowest BCUT2D eigenvalue weighted by Gasteiger charge is -2.31. The van der Waals surface area contributed by atoms with E-state index in [-0.39, 0.29) is 12.6 Å². The van der Waals surface area contributed by atoms with E-state index < -0.39 is 15.3 Å². The molecule has 5 nitrogen and oxygen atoms in total. The van der Waals surface area contributed by atoms with Crippen LogP contribution in [0.15, 0.2) is 36.4 Å². The minimum absolute atomic E-state index is 0.207. The zero-order valence-electron chi connectivity index (χ0n) is 14.4. The van der Waals surface area contributed by atoms with Crippen molar-refractivity contribution in [2.75, 3.05) is 20.2 Å². The summed E-state index contributed by atoms with van der Waals surface area (Å²) in [6.07, 6.45) is 0.765. The second kappa shape index (κ2) is 6.48. The summed E-state index contributed by atoms with van der Waals surface area (Å²) < 4.78 is 28.4. The molecule has 25 heavy (non-hydrogen) atoms. The van der Waals surface area contributed by atoms with Crippen LogP contribution in [0.5, 0.6) is 0 Å². The first-order chi connectivity index (χ1) is 12.0. The number of rotatable bonds is 3. The predicted octanol–water partition coefficient (Wildman–Crippen LogP) is 2.73. The molecule has 2 aliphatic heterocycles. The lowest BCUT2D eigenvalue weighted by atomic mass is 10.0. The highest BCUT2D eigenvalue weighted by atomic mass is 32.2. The highest BCUT2D eigenvalue weighted by Gasteiger charge is 2.46. The second-order valence-corrected chi connectivity index (χ2v) is 10.1. The van der Waals surface area contributed by atoms with Crippen molar-refractivity contribution in [3.8, 4) is 0 Å². The Morgan fingerprint density at radius 3 is 2.64 bits per heavy atom. The Hall–Kier alpha value is -1.25. The van der Waals surface area contributed by atoms with Crippen molar-refractivity contribution in [1.29, 1.82) is 0 Å². The largest absolute Gasteiger partial charge is 0.297 e. The second-order valence-electron chi connectivity index (χ2n) is 6.67. The van der Waals surface area contributed by atoms with Crippen LogP contribution in [0, 0.1) is 6.92 Å². The lowest BCUT2D eigenvalue weighted by Crippen LogP contribution is -2.44. The van der Waals surface area contributed by atoms with Gasteiger partial charge in [-0.2, -0.15) is 9.37 Å². The molecule has 1 fully saturated rings. The number of hydrogen-bond acceptors (Lipinski definition) is 5. The van der Waals surface area contributed by atoms with Gasteiger partial charge in [-0.3, -0.25) is 4.84 Å². The van der Waals surface area contributed by atoms with Gasteiger partial charge in [0, 0.05) is 29.9 Å². The monoisotopic (exact) mass is 378 g/mol. The highest BCUT2D eigenvalue weighted by molar-refractivity contribution is 7.89. The van der Waals surface area contributed by atoms with Gasteiger partial charge in [-0.1, -0.05) is 24.3 Å². The van der Waals surface area contributed by atoms with Gasteiger partial charge in [0.25, 0.3) is 0 Å². The normalized spacial score (nSPS) is 25.2. The third-order valence-electron chi connectivity index (χ3n) is 5.08. The minimum Gasteiger partial charge on any atom is -0.297 e. The van der Waals surface area contributed by atoms with Gasteiger partial charge in [0.1, 0.15) is 5.25 Å². The van der Waals surface area contributed by atoms with Crippen LogP contribution in [-0.2, 0) is 27.8 Å². The topological polar surface area (TPSA) is 49.9 Å². The van der Waals surface area contributed by atoms with E-state index in [1.165, 1.54) is 10.4 Å². The summed E-state index contributed by atoms with van der Waals surface area (Å²) in [5, 5.41) is 1.13. The number of benzene rings is 1. The Morgan fingerprint density at radius 2 is 1.92 bits per heavy atom. The van der Waals surface area contributed by atoms with Crippen LogP contribution in [0.2, 0.25) is 0 Å². The molecule has 1 saturated heterocycles. The summed E-state index contributed by atoms with van der Waals surface area (Å²) in [4.78, 5) is 7.85. The van der Waals surface area contributed by atoms with Crippen molar-refractivity contribution >= 4 is 21.4 Å². The van der Waals surface area contributed by atoms with Gasteiger partial charge in [-0.25, -0.2) is 8.42 Å². The quantitative estimate of drug-likeness (QED) is 0.824. The minimum atomic E-state index is -3.45. The first-order valence-corrected chi connectivity index (χ1v) is 10.8. The number of sulfonamides is 1. The number of fused-ring (bicyclic) bond motifs is 1. The van der Waals surface area contributed by atoms with Crippen LogP contribution in [0.1, 0.15) is 26.9 Å². The summed E-state index contributed by atoms with van der Waals surface area (Å²) in [6, 6.07) is 11.9. The molecule has 2 aromatic rings. The van der Waals surface area contributed by atoms with Crippen molar-refractivity contribution in [2.45, 2.75) is 31.2 Å². The van der Waals surface area contributed by atoms with Crippen LogP contribution in [0.25, 0.3) is 0 Å². The third kappa shape index (κ3) is 3.04. The van der Waals surface area contributed by atoms with Crippen LogP contribution >= 0.6 is 11.3 Å². The maximum Gasteiger partial charge on any atom is 0.221 e. The van der Waals surface area contributed by atoms with Crippen molar-refractivity contribution in [1.82, 2.24) is 9.37 Å². The van der Waals surface area contributed by atoms with E-state index in [1.54, 1.807) is 20.7 Å². The summed E-state index contributed by atoms with van der Waals surface area (Å²) in [7, 11) is -1.63. The molecule has 1 aromatic heterocycles. The van der Waals surface area contributed by atoms with Gasteiger partial charge >= 0.3 is 0 Å². The maximum atomic E-state index is 13.4. The first-order valence-electron chi connectivity index (χ1n) is 8.44. The average Bonchev–Trinajstić information content (AvgIpc) is 3.20. The first kappa shape index (κ1) is 17.2. The third-order valence-corrected chi connectivity index (χ3v) is 8.34. The van der Waals surface area contributed by atoms with Gasteiger partial charge < -0.3 is 0 Å². The van der Waals surface area contributed by atoms with E-state index in [9.17, 15) is 8.42 Å². The molecule has 134 valence electrons. The summed E-state index contributed by atoms with van der Waals surface area (Å²) in [5.41, 5.74) is 2.35. The molecule has 7 heteroatoms. The SMILES string of the molecule is Cc1ccc(C2C(S(=O)(=O)N3CCc4ccccc4C3)CON2C)s1. The van der Waals surface area contributed by atoms with Gasteiger partial charge in [0.2, 0.25) is 10.0 Å². The summed E-state index contributed by atoms with van der Waals surface area (Å²) in [6.45, 7) is 3.23. The van der Waals surface area contributed by atoms with Gasteiger partial charge in [0.05, 0.1) is 12.6 Å². The van der Waals surface area contributed by atoms with E-state index in [1.807, 2.05) is 44.3 Å². The van der Waals surface area contributed by atoms with Crippen LogP contribution < -0.4 is 0 Å². The van der Waals surface area contributed by atoms with Gasteiger partial charge in [-0.05, 0) is 36.6 Å². The standard InChI is InChI=1S/C18H22N2O3S2/c1-13-7-8-16(24-13)18-17(12-23-19(18)2)25(21,22)20-10-9-14-5-3-4-6-15(14)11-20/h3-8,17-18H,9-12H2,1-2H3. The Bertz CT molecular complexity index is 878. The molecule has 0 bridgehead atoms. The molecule has 2 atom stereocenters. The molecule has 3 heterocycles. The number of aryl methyl sites for hydroxylation is 1. The van der Waals surface area contributed by atoms with Crippen molar-refractivity contribution in [3.63, 3.8) is 0 Å². The maximum absolute atomic E-state index is 13.4. The number of thiophene rings is 1. The molecule has 0 spiro atoms. The number of hydroxylamine groups is 2. The van der Waals surface area contributed by atoms with Crippen LogP contribution in [0.4, 0.5) is 0 Å². The molecule has 1 aromatic carbocycles. The highest BCUT2D eigenvalue weighted by Crippen LogP contribution is 2.38. The Labute approximate surface area is 152 Å². The Balaban J connectivity index is 1.63. The van der Waals surface area contributed by atoms with Crippen molar-refractivity contribution in [2.24, 2.45) is 0 Å². The average molecular weight is 379 g/mol. The fourth-order valence-electron chi connectivity index (χ4n) is 3.70. The van der Waals surface area contributed by atoms with E-state index in [0.29, 0.717) is 13.1 Å². The van der Waals surface area contributed by atoms with Crippen LogP contribution in [0.3, 0.4) is 0 Å². The number of nitrogens with zero attached hydrogens (tertiary/aromatic N) is 2. The molecule has 0 saturated carbocycles. The summed E-state index contributed by atoms with van der Waals surface area (Å²) >= 11 is 1.64. The summed E-state index contributed by atoms with van der Waals surface area (Å²) in [5.74, 6) is 0. The molecular weight excluding hydrogens is 356 g/mol. The molecule has 0 radical (unpaired) electrons. The molecule has 2 aliphatic rings. The smallest absolute Gasteiger partial charge is 0.221 e. The fraction of sp³-hybridized carbons (Fsp3) is 0.444. The fourth-order valence-corrected chi connectivity index (χ4v) is 6.79. The molecular formula is C18H22N2O3S2. The molecule has 2 unspecified atom stereocenters. The Morgan fingerprint density at radius 1 is 1.16 bits per heavy atom. The van der Waals surface area contributed by atoms with Gasteiger partial charge in [0.15, 0.2) is 0 Å². The Kier molecular flexibility index (Phi) is 4.45. The van der Waals surface area contributed by atoms with Crippen molar-refractivity contribution in [3.05, 3.63) is 57.3 Å². The molecule has 0 N–H and O–H groups in total. The zero-order chi connectivity index (χ0) is 17.6. The van der Waals surface area contributed by atoms with E-state index in [4.69, 9.17) is 4.84 Å².